The Bertz CT molecular complexity index is 292. The molecular weight excluding hydrogens is 262 g/mol. The first-order chi connectivity index (χ1) is 10.3. The van der Waals surface area contributed by atoms with Gasteiger partial charge in [0.05, 0.1) is 6.61 Å². The minimum Gasteiger partial charge on any atom is -0.466 e. The van der Waals surface area contributed by atoms with Crippen LogP contribution < -0.4 is 5.32 Å². The molecule has 0 aliphatic heterocycles. The molecule has 21 heavy (non-hydrogen) atoms. The van der Waals surface area contributed by atoms with Crippen LogP contribution in [0.2, 0.25) is 0 Å². The summed E-state index contributed by atoms with van der Waals surface area (Å²) in [6, 6.07) is 0.728. The van der Waals surface area contributed by atoms with E-state index in [4.69, 9.17) is 4.74 Å². The fraction of sp³-hybridized carbons (Fsp3) is 0.944. The largest absolute Gasteiger partial charge is 0.466 e. The molecule has 3 nitrogen and oxygen atoms in total. The second-order valence-electron chi connectivity index (χ2n) is 6.97. The molecule has 2 aliphatic carbocycles. The van der Waals surface area contributed by atoms with Gasteiger partial charge >= 0.3 is 5.97 Å². The lowest BCUT2D eigenvalue weighted by Crippen LogP contribution is -2.36. The van der Waals surface area contributed by atoms with Crippen molar-refractivity contribution < 1.29 is 9.53 Å². The van der Waals surface area contributed by atoms with Crippen LogP contribution >= 0.6 is 0 Å². The van der Waals surface area contributed by atoms with Crippen LogP contribution in [-0.2, 0) is 9.53 Å². The monoisotopic (exact) mass is 295 g/mol. The van der Waals surface area contributed by atoms with Gasteiger partial charge in [-0.15, -0.1) is 0 Å². The van der Waals surface area contributed by atoms with Gasteiger partial charge in [0.15, 0.2) is 0 Å². The smallest absolute Gasteiger partial charge is 0.305 e. The lowest BCUT2D eigenvalue weighted by Gasteiger charge is -2.31. The third-order valence-electron chi connectivity index (χ3n) is 5.33. The summed E-state index contributed by atoms with van der Waals surface area (Å²) in [5.41, 5.74) is 0. The van der Waals surface area contributed by atoms with E-state index in [0.29, 0.717) is 13.0 Å². The van der Waals surface area contributed by atoms with Crippen molar-refractivity contribution in [2.24, 2.45) is 11.8 Å². The molecule has 0 heterocycles. The summed E-state index contributed by atoms with van der Waals surface area (Å²) in [4.78, 5) is 11.4. The zero-order valence-electron chi connectivity index (χ0n) is 13.7. The maximum atomic E-state index is 11.4. The number of hydrogen-bond donors (Lipinski definition) is 1. The van der Waals surface area contributed by atoms with Gasteiger partial charge in [-0.05, 0) is 70.3 Å². The van der Waals surface area contributed by atoms with Crippen LogP contribution in [0.25, 0.3) is 0 Å². The average Bonchev–Trinajstić information content (AvgIpc) is 2.53. The second-order valence-corrected chi connectivity index (χ2v) is 6.97. The van der Waals surface area contributed by atoms with Crippen molar-refractivity contribution in [3.8, 4) is 0 Å². The van der Waals surface area contributed by atoms with Gasteiger partial charge in [0.1, 0.15) is 0 Å². The summed E-state index contributed by atoms with van der Waals surface area (Å²) >= 11 is 0. The molecule has 0 aromatic heterocycles. The van der Waals surface area contributed by atoms with E-state index in [-0.39, 0.29) is 5.97 Å². The highest BCUT2D eigenvalue weighted by molar-refractivity contribution is 5.69. The van der Waals surface area contributed by atoms with Crippen molar-refractivity contribution in [1.29, 1.82) is 0 Å². The number of rotatable bonds is 7. The Balaban J connectivity index is 1.54. The number of carbonyl (C=O) groups is 1. The molecule has 2 rings (SSSR count). The van der Waals surface area contributed by atoms with E-state index in [2.05, 4.69) is 5.32 Å². The zero-order chi connectivity index (χ0) is 14.9. The van der Waals surface area contributed by atoms with Crippen LogP contribution in [0.5, 0.6) is 0 Å². The highest BCUT2D eigenvalue weighted by Gasteiger charge is 2.22. The van der Waals surface area contributed by atoms with Gasteiger partial charge < -0.3 is 10.1 Å². The molecule has 2 saturated carbocycles. The standard InChI is InChI=1S/C18H33NO2/c1-2-21-18(20)13-10-15-8-11-17(12-9-15)19-14-16-6-4-3-5-7-16/h15-17,19H,2-14H2,1H3. The van der Waals surface area contributed by atoms with Crippen molar-refractivity contribution in [2.75, 3.05) is 13.2 Å². The highest BCUT2D eigenvalue weighted by atomic mass is 16.5. The van der Waals surface area contributed by atoms with E-state index >= 15 is 0 Å². The molecule has 0 amide bonds. The van der Waals surface area contributed by atoms with Crippen molar-refractivity contribution in [3.63, 3.8) is 0 Å². The summed E-state index contributed by atoms with van der Waals surface area (Å²) in [7, 11) is 0. The predicted octanol–water partition coefficient (Wildman–Crippen LogP) is 4.06. The molecule has 0 saturated heterocycles. The average molecular weight is 295 g/mol. The minimum atomic E-state index is -0.0185. The Morgan fingerprint density at radius 2 is 1.71 bits per heavy atom. The molecule has 1 N–H and O–H groups in total. The minimum absolute atomic E-state index is 0.0185. The molecule has 0 unspecified atom stereocenters. The van der Waals surface area contributed by atoms with Crippen LogP contribution in [0.4, 0.5) is 0 Å². The zero-order valence-corrected chi connectivity index (χ0v) is 13.7. The van der Waals surface area contributed by atoms with Gasteiger partial charge in [-0.25, -0.2) is 0 Å². The SMILES string of the molecule is CCOC(=O)CCC1CCC(NCC2CCCCC2)CC1. The summed E-state index contributed by atoms with van der Waals surface area (Å²) in [5, 5.41) is 3.81. The number of esters is 1. The first-order valence-corrected chi connectivity index (χ1v) is 9.17. The molecule has 0 aromatic rings. The van der Waals surface area contributed by atoms with E-state index in [0.717, 1.165) is 24.3 Å². The molecule has 2 aliphatic rings. The van der Waals surface area contributed by atoms with Crippen molar-refractivity contribution in [1.82, 2.24) is 5.32 Å². The lowest BCUT2D eigenvalue weighted by molar-refractivity contribution is -0.143. The molecule has 0 bridgehead atoms. The fourth-order valence-electron chi connectivity index (χ4n) is 3.93. The Hall–Kier alpha value is -0.570. The van der Waals surface area contributed by atoms with E-state index in [1.165, 1.54) is 64.3 Å². The van der Waals surface area contributed by atoms with Gasteiger partial charge in [0, 0.05) is 12.5 Å². The Kier molecular flexibility index (Phi) is 7.56. The Labute approximate surface area is 130 Å². The van der Waals surface area contributed by atoms with Crippen LogP contribution in [-0.4, -0.2) is 25.2 Å². The van der Waals surface area contributed by atoms with E-state index < -0.39 is 0 Å². The number of ether oxygens (including phenoxy) is 1. The molecule has 0 atom stereocenters. The van der Waals surface area contributed by atoms with Gasteiger partial charge in [-0.2, -0.15) is 0 Å². The second kappa shape index (κ2) is 9.45. The molecule has 122 valence electrons. The normalized spacial score (nSPS) is 27.5. The van der Waals surface area contributed by atoms with Gasteiger partial charge in [-0.1, -0.05) is 19.3 Å². The lowest BCUT2D eigenvalue weighted by atomic mass is 9.83. The Morgan fingerprint density at radius 3 is 2.38 bits per heavy atom. The number of carbonyl (C=O) groups excluding carboxylic acids is 1. The molecule has 0 radical (unpaired) electrons. The number of hydrogen-bond acceptors (Lipinski definition) is 3. The van der Waals surface area contributed by atoms with Crippen LogP contribution in [0, 0.1) is 11.8 Å². The fourth-order valence-corrected chi connectivity index (χ4v) is 3.93. The topological polar surface area (TPSA) is 38.3 Å². The molecular formula is C18H33NO2. The van der Waals surface area contributed by atoms with Crippen LogP contribution in [0.1, 0.15) is 77.6 Å². The van der Waals surface area contributed by atoms with Crippen LogP contribution in [0.15, 0.2) is 0 Å². The maximum absolute atomic E-state index is 11.4. The Morgan fingerprint density at radius 1 is 1.00 bits per heavy atom. The molecule has 2 fully saturated rings. The first-order valence-electron chi connectivity index (χ1n) is 9.17. The first kappa shape index (κ1) is 16.8. The summed E-state index contributed by atoms with van der Waals surface area (Å²) in [6.07, 6.45) is 14.0. The van der Waals surface area contributed by atoms with Gasteiger partial charge in [0.2, 0.25) is 0 Å². The molecule has 3 heteroatoms. The third kappa shape index (κ3) is 6.37. The van der Waals surface area contributed by atoms with Crippen molar-refractivity contribution in [2.45, 2.75) is 83.6 Å². The van der Waals surface area contributed by atoms with Gasteiger partial charge in [-0.3, -0.25) is 4.79 Å². The predicted molar refractivity (Wildman–Crippen MR) is 86.2 cm³/mol. The molecule has 0 aromatic carbocycles. The summed E-state index contributed by atoms with van der Waals surface area (Å²) in [5.74, 6) is 1.65. The van der Waals surface area contributed by atoms with E-state index in [1.807, 2.05) is 6.92 Å². The third-order valence-corrected chi connectivity index (χ3v) is 5.33. The van der Waals surface area contributed by atoms with E-state index in [9.17, 15) is 4.79 Å². The summed E-state index contributed by atoms with van der Waals surface area (Å²) in [6.45, 7) is 3.62. The van der Waals surface area contributed by atoms with Crippen molar-refractivity contribution in [3.05, 3.63) is 0 Å². The quantitative estimate of drug-likeness (QED) is 0.720. The number of nitrogens with one attached hydrogen (secondary N) is 1. The van der Waals surface area contributed by atoms with Crippen molar-refractivity contribution >= 4 is 5.97 Å². The maximum Gasteiger partial charge on any atom is 0.305 e. The van der Waals surface area contributed by atoms with Crippen LogP contribution in [0.3, 0.4) is 0 Å². The highest BCUT2D eigenvalue weighted by Crippen LogP contribution is 2.29. The van der Waals surface area contributed by atoms with E-state index in [1.54, 1.807) is 0 Å². The summed E-state index contributed by atoms with van der Waals surface area (Å²) < 4.78 is 5.01. The van der Waals surface area contributed by atoms with Gasteiger partial charge in [0.25, 0.3) is 0 Å². The molecule has 0 spiro atoms.